The third-order valence-corrected chi connectivity index (χ3v) is 3.75. The van der Waals surface area contributed by atoms with Crippen LogP contribution in [0.25, 0.3) is 16.8 Å². The van der Waals surface area contributed by atoms with E-state index in [1.165, 1.54) is 4.52 Å². The van der Waals surface area contributed by atoms with Crippen molar-refractivity contribution < 1.29 is 9.53 Å². The van der Waals surface area contributed by atoms with E-state index in [4.69, 9.17) is 22.1 Å². The fraction of sp³-hybridized carbons (Fsp3) is 0.188. The predicted octanol–water partition coefficient (Wildman–Crippen LogP) is 3.12. The van der Waals surface area contributed by atoms with Crippen molar-refractivity contribution in [2.45, 2.75) is 13.8 Å². The molecule has 0 radical (unpaired) electrons. The Bertz CT molecular complexity index is 890. The van der Waals surface area contributed by atoms with Crippen LogP contribution in [0.1, 0.15) is 23.0 Å². The average Bonchev–Trinajstić information content (AvgIpc) is 2.85. The lowest BCUT2D eigenvalue weighted by Gasteiger charge is -2.09. The van der Waals surface area contributed by atoms with Crippen molar-refractivity contribution in [1.82, 2.24) is 14.6 Å². The molecule has 0 aliphatic heterocycles. The number of carbonyl (C=O) groups is 1. The number of nitrogen functional groups attached to an aromatic ring is 1. The minimum absolute atomic E-state index is 0.214. The van der Waals surface area contributed by atoms with Crippen molar-refractivity contribution in [3.63, 3.8) is 0 Å². The summed E-state index contributed by atoms with van der Waals surface area (Å²) in [5, 5.41) is 4.53. The number of hydrogen-bond donors (Lipinski definition) is 1. The molecule has 2 N–H and O–H groups in total. The molecule has 2 aromatic heterocycles. The molecule has 0 aliphatic carbocycles. The molecule has 0 saturated heterocycles. The molecule has 118 valence electrons. The zero-order valence-corrected chi connectivity index (χ0v) is 13.5. The summed E-state index contributed by atoms with van der Waals surface area (Å²) in [5.74, 6) is -0.166. The SMILES string of the molecule is CCOC(=O)c1c(C)nn2c(N)c(-c3ccccc3)c(Cl)nc12. The number of esters is 1. The molecule has 0 bridgehead atoms. The van der Waals surface area contributed by atoms with Crippen LogP contribution in [-0.4, -0.2) is 27.2 Å². The molecule has 23 heavy (non-hydrogen) atoms. The van der Waals surface area contributed by atoms with Gasteiger partial charge in [0.05, 0.1) is 17.9 Å². The van der Waals surface area contributed by atoms with Gasteiger partial charge in [0.2, 0.25) is 0 Å². The lowest BCUT2D eigenvalue weighted by Crippen LogP contribution is -2.08. The Labute approximate surface area is 137 Å². The summed E-state index contributed by atoms with van der Waals surface area (Å²) in [6, 6.07) is 9.43. The van der Waals surface area contributed by atoms with Gasteiger partial charge in [0.1, 0.15) is 16.5 Å². The number of ether oxygens (including phenoxy) is 1. The van der Waals surface area contributed by atoms with E-state index in [2.05, 4.69) is 10.1 Å². The van der Waals surface area contributed by atoms with E-state index in [0.29, 0.717) is 22.7 Å². The first-order valence-electron chi connectivity index (χ1n) is 7.11. The first kappa shape index (κ1) is 15.3. The normalized spacial score (nSPS) is 10.9. The summed E-state index contributed by atoms with van der Waals surface area (Å²) in [5.41, 5.74) is 8.70. The molecule has 0 fully saturated rings. The second-order valence-corrected chi connectivity index (χ2v) is 5.30. The molecule has 0 spiro atoms. The summed E-state index contributed by atoms with van der Waals surface area (Å²) in [6.07, 6.45) is 0. The van der Waals surface area contributed by atoms with Gasteiger partial charge < -0.3 is 10.5 Å². The predicted molar refractivity (Wildman–Crippen MR) is 88.5 cm³/mol. The number of nitrogens with two attached hydrogens (primary N) is 1. The molecule has 7 heteroatoms. The van der Waals surface area contributed by atoms with Crippen molar-refractivity contribution in [2.24, 2.45) is 0 Å². The first-order valence-corrected chi connectivity index (χ1v) is 7.49. The number of rotatable bonds is 3. The highest BCUT2D eigenvalue weighted by atomic mass is 35.5. The fourth-order valence-electron chi connectivity index (χ4n) is 2.46. The van der Waals surface area contributed by atoms with E-state index in [1.54, 1.807) is 13.8 Å². The lowest BCUT2D eigenvalue weighted by molar-refractivity contribution is 0.0527. The highest BCUT2D eigenvalue weighted by Crippen LogP contribution is 2.33. The number of aromatic nitrogens is 3. The van der Waals surface area contributed by atoms with Gasteiger partial charge in [-0.3, -0.25) is 0 Å². The number of halogens is 1. The largest absolute Gasteiger partial charge is 0.462 e. The molecule has 3 aromatic rings. The van der Waals surface area contributed by atoms with Crippen LogP contribution >= 0.6 is 11.6 Å². The van der Waals surface area contributed by atoms with Crippen LogP contribution in [0.4, 0.5) is 5.82 Å². The molecular formula is C16H15ClN4O2. The number of carbonyl (C=O) groups excluding carboxylic acids is 1. The Morgan fingerprint density at radius 2 is 2.04 bits per heavy atom. The van der Waals surface area contributed by atoms with Gasteiger partial charge in [-0.25, -0.2) is 9.78 Å². The zero-order valence-electron chi connectivity index (χ0n) is 12.7. The molecule has 1 aromatic carbocycles. The maximum atomic E-state index is 12.1. The van der Waals surface area contributed by atoms with Gasteiger partial charge >= 0.3 is 5.97 Å². The van der Waals surface area contributed by atoms with Crippen LogP contribution in [0.5, 0.6) is 0 Å². The van der Waals surface area contributed by atoms with Crippen LogP contribution in [-0.2, 0) is 4.74 Å². The third kappa shape index (κ3) is 2.51. The van der Waals surface area contributed by atoms with Gasteiger partial charge in [-0.1, -0.05) is 41.9 Å². The van der Waals surface area contributed by atoms with Crippen molar-refractivity contribution >= 4 is 29.0 Å². The van der Waals surface area contributed by atoms with Gasteiger partial charge in [-0.05, 0) is 19.4 Å². The maximum absolute atomic E-state index is 12.1. The Morgan fingerprint density at radius 3 is 2.70 bits per heavy atom. The minimum Gasteiger partial charge on any atom is -0.462 e. The number of nitrogens with zero attached hydrogens (tertiary/aromatic N) is 3. The molecule has 0 saturated carbocycles. The molecule has 0 aliphatic rings. The topological polar surface area (TPSA) is 82.5 Å². The van der Waals surface area contributed by atoms with Crippen LogP contribution in [0.3, 0.4) is 0 Å². The number of hydrogen-bond acceptors (Lipinski definition) is 5. The van der Waals surface area contributed by atoms with E-state index in [1.807, 2.05) is 30.3 Å². The van der Waals surface area contributed by atoms with E-state index < -0.39 is 5.97 Å². The summed E-state index contributed by atoms with van der Waals surface area (Å²) < 4.78 is 6.48. The summed E-state index contributed by atoms with van der Waals surface area (Å²) in [6.45, 7) is 3.71. The Morgan fingerprint density at radius 1 is 1.35 bits per heavy atom. The number of fused-ring (bicyclic) bond motifs is 1. The van der Waals surface area contributed by atoms with Gasteiger partial charge in [0.25, 0.3) is 0 Å². The summed E-state index contributed by atoms with van der Waals surface area (Å²) in [4.78, 5) is 16.4. The highest BCUT2D eigenvalue weighted by molar-refractivity contribution is 6.33. The third-order valence-electron chi connectivity index (χ3n) is 3.47. The molecule has 0 atom stereocenters. The van der Waals surface area contributed by atoms with E-state index in [0.717, 1.165) is 5.56 Å². The van der Waals surface area contributed by atoms with Gasteiger partial charge in [-0.2, -0.15) is 9.61 Å². The average molecular weight is 331 g/mol. The molecule has 0 amide bonds. The van der Waals surface area contributed by atoms with Crippen LogP contribution in [0, 0.1) is 6.92 Å². The number of aryl methyl sites for hydroxylation is 1. The van der Waals surface area contributed by atoms with Crippen LogP contribution in [0.15, 0.2) is 30.3 Å². The quantitative estimate of drug-likeness (QED) is 0.589. The molecular weight excluding hydrogens is 316 g/mol. The zero-order chi connectivity index (χ0) is 16.6. The van der Waals surface area contributed by atoms with Crippen LogP contribution < -0.4 is 5.73 Å². The van der Waals surface area contributed by atoms with Crippen molar-refractivity contribution in [2.75, 3.05) is 12.3 Å². The first-order chi connectivity index (χ1) is 11.0. The fourth-order valence-corrected chi connectivity index (χ4v) is 2.75. The number of benzene rings is 1. The molecule has 0 unspecified atom stereocenters. The maximum Gasteiger partial charge on any atom is 0.343 e. The van der Waals surface area contributed by atoms with Gasteiger partial charge in [0.15, 0.2) is 5.65 Å². The standard InChI is InChI=1S/C16H15ClN4O2/c1-3-23-16(22)11-9(2)20-21-14(18)12(13(17)19-15(11)21)10-7-5-4-6-8-10/h4-8H,3,18H2,1-2H3. The van der Waals surface area contributed by atoms with Gasteiger partial charge in [0, 0.05) is 0 Å². The van der Waals surface area contributed by atoms with Gasteiger partial charge in [-0.15, -0.1) is 0 Å². The Hall–Kier alpha value is -2.60. The Balaban J connectivity index is 2.28. The van der Waals surface area contributed by atoms with E-state index in [-0.39, 0.29) is 17.3 Å². The molecule has 3 rings (SSSR count). The summed E-state index contributed by atoms with van der Waals surface area (Å²) >= 11 is 6.32. The minimum atomic E-state index is -0.490. The number of anilines is 1. The lowest BCUT2D eigenvalue weighted by atomic mass is 10.1. The smallest absolute Gasteiger partial charge is 0.343 e. The van der Waals surface area contributed by atoms with Crippen molar-refractivity contribution in [1.29, 1.82) is 0 Å². The Kier molecular flexibility index (Phi) is 3.92. The summed E-state index contributed by atoms with van der Waals surface area (Å²) in [7, 11) is 0. The molecule has 2 heterocycles. The van der Waals surface area contributed by atoms with E-state index >= 15 is 0 Å². The molecule has 6 nitrogen and oxygen atoms in total. The monoisotopic (exact) mass is 330 g/mol. The van der Waals surface area contributed by atoms with Crippen molar-refractivity contribution in [3.8, 4) is 11.1 Å². The van der Waals surface area contributed by atoms with Crippen LogP contribution in [0.2, 0.25) is 5.15 Å². The van der Waals surface area contributed by atoms with E-state index in [9.17, 15) is 4.79 Å². The van der Waals surface area contributed by atoms with Crippen molar-refractivity contribution in [3.05, 3.63) is 46.7 Å². The second-order valence-electron chi connectivity index (χ2n) is 4.95. The second kappa shape index (κ2) is 5.89. The highest BCUT2D eigenvalue weighted by Gasteiger charge is 2.23.